The SMILES string of the molecule is C1=CCc2c(c3ccccc3c3c2oc2ccc(-c4c5ccccc5c(-c5ccccc5)c5ccccc45)cc23)C=C1. The molecule has 0 fully saturated rings. The van der Waals surface area contributed by atoms with Crippen LogP contribution in [0.2, 0.25) is 0 Å². The zero-order valence-electron chi connectivity index (χ0n) is 23.0. The summed E-state index contributed by atoms with van der Waals surface area (Å²) < 4.78 is 6.69. The maximum absolute atomic E-state index is 6.69. The fourth-order valence-corrected chi connectivity index (χ4v) is 7.12. The standard InChI is InChI=1S/C41H26O/c1-3-13-26(14-4-1)38-31-18-9-11-20-33(31)39(34-21-12-10-19-32(34)38)27-23-24-37-36(25-27)40-30-17-8-7-16-28(30)29-15-5-2-6-22-35(29)41(40)42-37/h1-21,23-25H,22H2. The Kier molecular flexibility index (Phi) is 5.03. The van der Waals surface area contributed by atoms with Crippen molar-refractivity contribution in [2.75, 3.05) is 0 Å². The molecule has 0 atom stereocenters. The first kappa shape index (κ1) is 23.3. The van der Waals surface area contributed by atoms with Crippen LogP contribution in [-0.2, 0) is 6.42 Å². The monoisotopic (exact) mass is 534 g/mol. The molecule has 7 aromatic carbocycles. The maximum atomic E-state index is 6.69. The molecule has 9 rings (SSSR count). The minimum atomic E-state index is 0.854. The molecule has 0 amide bonds. The first-order valence-corrected chi connectivity index (χ1v) is 14.6. The van der Waals surface area contributed by atoms with E-state index < -0.39 is 0 Å². The molecule has 0 N–H and O–H groups in total. The smallest absolute Gasteiger partial charge is 0.140 e. The van der Waals surface area contributed by atoms with Gasteiger partial charge in [-0.25, -0.2) is 0 Å². The van der Waals surface area contributed by atoms with Crippen LogP contribution in [0.5, 0.6) is 0 Å². The second kappa shape index (κ2) is 9.06. The Morgan fingerprint density at radius 3 is 1.76 bits per heavy atom. The molecule has 0 unspecified atom stereocenters. The van der Waals surface area contributed by atoms with E-state index in [9.17, 15) is 0 Å². The fraction of sp³-hybridized carbons (Fsp3) is 0.0244. The molecule has 1 aliphatic rings. The van der Waals surface area contributed by atoms with Crippen LogP contribution in [0.3, 0.4) is 0 Å². The molecule has 1 heterocycles. The van der Waals surface area contributed by atoms with Crippen LogP contribution in [-0.4, -0.2) is 0 Å². The lowest BCUT2D eigenvalue weighted by molar-refractivity contribution is 0.664. The number of fused-ring (bicyclic) bond motifs is 10. The quantitative estimate of drug-likeness (QED) is 0.201. The summed E-state index contributed by atoms with van der Waals surface area (Å²) in [5, 5.41) is 9.94. The molecule has 0 aliphatic heterocycles. The van der Waals surface area contributed by atoms with Gasteiger partial charge in [-0.05, 0) is 78.7 Å². The second-order valence-electron chi connectivity index (χ2n) is 11.2. The average molecular weight is 535 g/mol. The summed E-state index contributed by atoms with van der Waals surface area (Å²) >= 11 is 0. The third kappa shape index (κ3) is 3.31. The predicted octanol–water partition coefficient (Wildman–Crippen LogP) is 11.5. The number of allylic oxidation sites excluding steroid dienone is 3. The van der Waals surface area contributed by atoms with E-state index in [1.165, 1.54) is 76.5 Å². The zero-order chi connectivity index (χ0) is 27.6. The Bertz CT molecular complexity index is 2360. The van der Waals surface area contributed by atoms with Gasteiger partial charge in [0.25, 0.3) is 0 Å². The summed E-state index contributed by atoms with van der Waals surface area (Å²) in [4.78, 5) is 0. The topological polar surface area (TPSA) is 13.1 Å². The summed E-state index contributed by atoms with van der Waals surface area (Å²) in [6.07, 6.45) is 9.58. The van der Waals surface area contributed by atoms with E-state index in [1.54, 1.807) is 0 Å². The highest BCUT2D eigenvalue weighted by Crippen LogP contribution is 2.46. The molecular weight excluding hydrogens is 508 g/mol. The average Bonchev–Trinajstić information content (AvgIpc) is 3.25. The van der Waals surface area contributed by atoms with Crippen molar-refractivity contribution < 1.29 is 4.42 Å². The molecule has 0 spiro atoms. The Morgan fingerprint density at radius 2 is 1.07 bits per heavy atom. The van der Waals surface area contributed by atoms with Crippen molar-refractivity contribution in [3.8, 4) is 22.3 Å². The van der Waals surface area contributed by atoms with E-state index >= 15 is 0 Å². The molecule has 1 aliphatic carbocycles. The van der Waals surface area contributed by atoms with Crippen LogP contribution in [0.1, 0.15) is 11.1 Å². The van der Waals surface area contributed by atoms with Gasteiger partial charge in [0.15, 0.2) is 0 Å². The Hall–Kier alpha value is -5.40. The van der Waals surface area contributed by atoms with Crippen LogP contribution < -0.4 is 0 Å². The van der Waals surface area contributed by atoms with Gasteiger partial charge in [0, 0.05) is 16.3 Å². The molecule has 0 radical (unpaired) electrons. The van der Waals surface area contributed by atoms with Crippen LogP contribution in [0, 0.1) is 0 Å². The van der Waals surface area contributed by atoms with E-state index in [1.807, 2.05) is 0 Å². The van der Waals surface area contributed by atoms with Crippen molar-refractivity contribution in [1.82, 2.24) is 0 Å². The molecule has 0 bridgehead atoms. The molecule has 42 heavy (non-hydrogen) atoms. The van der Waals surface area contributed by atoms with Gasteiger partial charge in [-0.2, -0.15) is 0 Å². The summed E-state index contributed by atoms with van der Waals surface area (Å²) in [6, 6.07) is 44.0. The highest BCUT2D eigenvalue weighted by molar-refractivity contribution is 6.25. The molecule has 8 aromatic rings. The number of furan rings is 1. The maximum Gasteiger partial charge on any atom is 0.140 e. The minimum Gasteiger partial charge on any atom is -0.456 e. The second-order valence-corrected chi connectivity index (χ2v) is 11.2. The van der Waals surface area contributed by atoms with Crippen molar-refractivity contribution >= 4 is 60.3 Å². The summed E-state index contributed by atoms with van der Waals surface area (Å²) in [6.45, 7) is 0. The molecule has 1 nitrogen and oxygen atoms in total. The van der Waals surface area contributed by atoms with E-state index in [4.69, 9.17) is 4.42 Å². The van der Waals surface area contributed by atoms with Gasteiger partial charge in [0.05, 0.1) is 0 Å². The first-order chi connectivity index (χ1) is 20.9. The van der Waals surface area contributed by atoms with Gasteiger partial charge in [-0.3, -0.25) is 0 Å². The van der Waals surface area contributed by atoms with Crippen LogP contribution in [0.15, 0.2) is 144 Å². The lowest BCUT2D eigenvalue weighted by Gasteiger charge is -2.17. The Morgan fingerprint density at radius 1 is 0.476 bits per heavy atom. The van der Waals surface area contributed by atoms with E-state index in [0.717, 1.165) is 17.6 Å². The Labute approximate surface area is 243 Å². The lowest BCUT2D eigenvalue weighted by atomic mass is 9.85. The van der Waals surface area contributed by atoms with Crippen LogP contribution in [0.4, 0.5) is 0 Å². The number of hydrogen-bond donors (Lipinski definition) is 0. The molecular formula is C41H26O. The van der Waals surface area contributed by atoms with Gasteiger partial charge >= 0.3 is 0 Å². The Balaban J connectivity index is 1.41. The zero-order valence-corrected chi connectivity index (χ0v) is 23.0. The lowest BCUT2D eigenvalue weighted by Crippen LogP contribution is -1.91. The van der Waals surface area contributed by atoms with Gasteiger partial charge in [-0.15, -0.1) is 0 Å². The van der Waals surface area contributed by atoms with Crippen molar-refractivity contribution in [2.45, 2.75) is 6.42 Å². The van der Waals surface area contributed by atoms with Crippen LogP contribution >= 0.6 is 0 Å². The third-order valence-electron chi connectivity index (χ3n) is 8.89. The number of hydrogen-bond acceptors (Lipinski definition) is 1. The molecule has 0 saturated heterocycles. The van der Waals surface area contributed by atoms with Crippen molar-refractivity contribution in [3.63, 3.8) is 0 Å². The van der Waals surface area contributed by atoms with Crippen molar-refractivity contribution in [2.24, 2.45) is 0 Å². The first-order valence-electron chi connectivity index (χ1n) is 14.6. The predicted molar refractivity (Wildman–Crippen MR) is 179 cm³/mol. The summed E-state index contributed by atoms with van der Waals surface area (Å²) in [5.74, 6) is 0. The van der Waals surface area contributed by atoms with E-state index in [-0.39, 0.29) is 0 Å². The minimum absolute atomic E-state index is 0.854. The molecule has 1 heteroatoms. The van der Waals surface area contributed by atoms with E-state index in [2.05, 4.69) is 146 Å². The number of rotatable bonds is 2. The molecule has 1 aromatic heterocycles. The summed E-state index contributed by atoms with van der Waals surface area (Å²) in [5.41, 5.74) is 9.45. The van der Waals surface area contributed by atoms with Crippen LogP contribution in [0.25, 0.3) is 82.6 Å². The van der Waals surface area contributed by atoms with E-state index in [0.29, 0.717) is 0 Å². The van der Waals surface area contributed by atoms with Gasteiger partial charge in [0.2, 0.25) is 0 Å². The number of benzene rings is 7. The van der Waals surface area contributed by atoms with Crippen molar-refractivity contribution in [3.05, 3.63) is 151 Å². The summed E-state index contributed by atoms with van der Waals surface area (Å²) in [7, 11) is 0. The normalized spacial score (nSPS) is 13.0. The molecule has 0 saturated carbocycles. The van der Waals surface area contributed by atoms with Crippen molar-refractivity contribution in [1.29, 1.82) is 0 Å². The highest BCUT2D eigenvalue weighted by atomic mass is 16.3. The van der Waals surface area contributed by atoms with Gasteiger partial charge in [0.1, 0.15) is 11.2 Å². The largest absolute Gasteiger partial charge is 0.456 e. The van der Waals surface area contributed by atoms with Gasteiger partial charge in [-0.1, -0.05) is 133 Å². The van der Waals surface area contributed by atoms with Gasteiger partial charge < -0.3 is 4.42 Å². The fourth-order valence-electron chi connectivity index (χ4n) is 7.12. The molecule has 196 valence electrons. The highest BCUT2D eigenvalue weighted by Gasteiger charge is 2.21. The third-order valence-corrected chi connectivity index (χ3v) is 8.89.